The Balaban J connectivity index is 2.01. The molecule has 5 rings (SSSR count). The van der Waals surface area contributed by atoms with Crippen LogP contribution in [0.5, 0.6) is 0 Å². The molecule has 4 heteroatoms. The van der Waals surface area contributed by atoms with Crippen LogP contribution in [-0.4, -0.2) is 9.97 Å². The zero-order valence-electron chi connectivity index (χ0n) is 18.1. The monoisotopic (exact) mass is 510 g/mol. The molecular formula is C29H24BrN2P. The van der Waals surface area contributed by atoms with Crippen LogP contribution in [0, 0.1) is 0 Å². The number of nitrogens with zero attached hydrogens (tertiary/aromatic N) is 2. The Morgan fingerprint density at radius 1 is 0.455 bits per heavy atom. The zero-order valence-corrected chi connectivity index (χ0v) is 20.6. The first-order valence-electron chi connectivity index (χ1n) is 10.9. The van der Waals surface area contributed by atoms with Crippen LogP contribution in [0.2, 0.25) is 0 Å². The van der Waals surface area contributed by atoms with Gasteiger partial charge in [0.25, 0.3) is 0 Å². The molecule has 0 radical (unpaired) electrons. The fraction of sp³-hybridized carbons (Fsp3) is 0.0345. The number of benzene rings is 3. The van der Waals surface area contributed by atoms with Gasteiger partial charge in [0.2, 0.25) is 0 Å². The van der Waals surface area contributed by atoms with Crippen LogP contribution in [0.3, 0.4) is 0 Å². The van der Waals surface area contributed by atoms with Gasteiger partial charge in [-0.2, -0.15) is 0 Å². The van der Waals surface area contributed by atoms with E-state index in [-0.39, 0.29) is 5.66 Å². The van der Waals surface area contributed by atoms with Gasteiger partial charge in [-0.3, -0.25) is 0 Å². The Hall–Kier alpha value is -3.13. The van der Waals surface area contributed by atoms with Crippen molar-refractivity contribution in [2.45, 2.75) is 5.66 Å². The van der Waals surface area contributed by atoms with Crippen molar-refractivity contribution in [1.29, 1.82) is 0 Å². The van der Waals surface area contributed by atoms with Crippen molar-refractivity contribution in [2.75, 3.05) is 0 Å². The van der Waals surface area contributed by atoms with Gasteiger partial charge >= 0.3 is 204 Å². The van der Waals surface area contributed by atoms with E-state index in [1.807, 2.05) is 24.5 Å². The molecule has 0 saturated heterocycles. The quantitative estimate of drug-likeness (QED) is 0.247. The topological polar surface area (TPSA) is 25.8 Å². The molecule has 0 amide bonds. The van der Waals surface area contributed by atoms with Gasteiger partial charge in [0, 0.05) is 0 Å². The average Bonchev–Trinajstić information content (AvgIpc) is 2.91. The third kappa shape index (κ3) is 3.53. The molecule has 162 valence electrons. The van der Waals surface area contributed by atoms with Crippen LogP contribution < -0.4 is 15.9 Å². The summed E-state index contributed by atoms with van der Waals surface area (Å²) >= 11 is 4.61. The van der Waals surface area contributed by atoms with Gasteiger partial charge in [0.05, 0.1) is 0 Å². The Bertz CT molecular complexity index is 1180. The van der Waals surface area contributed by atoms with E-state index in [1.165, 1.54) is 15.9 Å². The summed E-state index contributed by atoms with van der Waals surface area (Å²) in [6, 6.07) is 44.7. The normalized spacial score (nSPS) is 12.7. The second kappa shape index (κ2) is 9.02. The number of pyridine rings is 2. The zero-order chi connectivity index (χ0) is 22.6. The van der Waals surface area contributed by atoms with Crippen LogP contribution >= 0.6 is 20.8 Å². The fourth-order valence-electron chi connectivity index (χ4n) is 4.78. The van der Waals surface area contributed by atoms with E-state index < -0.39 is 5.31 Å². The SMILES string of the molecule is BrP(c1ccccc1)(c1ccccc1)(c1ccccc1)C(c1ccccn1)c1ccccn1. The van der Waals surface area contributed by atoms with Crippen LogP contribution in [0.1, 0.15) is 17.0 Å². The van der Waals surface area contributed by atoms with Crippen molar-refractivity contribution in [3.63, 3.8) is 0 Å². The molecule has 0 bridgehead atoms. The first-order valence-corrected chi connectivity index (χ1v) is 15.3. The summed E-state index contributed by atoms with van der Waals surface area (Å²) in [5, 5.41) is 0.336. The fourth-order valence-corrected chi connectivity index (χ4v) is 13.5. The predicted molar refractivity (Wildman–Crippen MR) is 144 cm³/mol. The molecule has 0 aliphatic rings. The maximum atomic E-state index is 4.91. The van der Waals surface area contributed by atoms with E-state index in [0.717, 1.165) is 11.4 Å². The summed E-state index contributed by atoms with van der Waals surface area (Å²) in [5.74, 6) is 0. The van der Waals surface area contributed by atoms with Gasteiger partial charge in [0.1, 0.15) is 0 Å². The van der Waals surface area contributed by atoms with Gasteiger partial charge in [-0.1, -0.05) is 0 Å². The first-order chi connectivity index (χ1) is 16.2. The Kier molecular flexibility index (Phi) is 5.93. The molecule has 0 saturated carbocycles. The third-order valence-corrected chi connectivity index (χ3v) is 16.5. The predicted octanol–water partition coefficient (Wildman–Crippen LogP) is 6.41. The minimum absolute atomic E-state index is 0.134. The second-order valence-corrected chi connectivity index (χ2v) is 16.6. The standard InChI is InChI=1S/C29H24BrN2P/c30-33(24-14-4-1-5-15-24,25-16-6-2-7-17-25,26-18-8-3-9-19-26)29(27-20-10-12-22-31-27)28-21-11-13-23-32-28/h1-23,29H. The van der Waals surface area contributed by atoms with Gasteiger partial charge in [-0.15, -0.1) is 0 Å². The Morgan fingerprint density at radius 2 is 0.788 bits per heavy atom. The first kappa shape index (κ1) is 21.7. The van der Waals surface area contributed by atoms with Crippen LogP contribution in [0.25, 0.3) is 0 Å². The molecular weight excluding hydrogens is 487 g/mol. The molecule has 2 aromatic heterocycles. The number of hydrogen-bond donors (Lipinski definition) is 0. The third-order valence-electron chi connectivity index (χ3n) is 6.20. The van der Waals surface area contributed by atoms with Crippen molar-refractivity contribution >= 4 is 36.7 Å². The number of hydrogen-bond acceptors (Lipinski definition) is 2. The Morgan fingerprint density at radius 3 is 1.09 bits per heavy atom. The van der Waals surface area contributed by atoms with E-state index in [9.17, 15) is 0 Å². The maximum absolute atomic E-state index is 4.91. The molecule has 0 fully saturated rings. The van der Waals surface area contributed by atoms with E-state index in [4.69, 9.17) is 9.97 Å². The van der Waals surface area contributed by atoms with Gasteiger partial charge in [-0.05, 0) is 0 Å². The van der Waals surface area contributed by atoms with E-state index in [1.54, 1.807) is 0 Å². The van der Waals surface area contributed by atoms with Crippen molar-refractivity contribution in [3.8, 4) is 0 Å². The van der Waals surface area contributed by atoms with Crippen LogP contribution in [0.15, 0.2) is 140 Å². The molecule has 0 N–H and O–H groups in total. The van der Waals surface area contributed by atoms with E-state index in [0.29, 0.717) is 0 Å². The molecule has 2 heterocycles. The van der Waals surface area contributed by atoms with Gasteiger partial charge in [0.15, 0.2) is 0 Å². The van der Waals surface area contributed by atoms with Crippen molar-refractivity contribution in [1.82, 2.24) is 9.97 Å². The van der Waals surface area contributed by atoms with Crippen molar-refractivity contribution in [2.24, 2.45) is 0 Å². The molecule has 0 unspecified atom stereocenters. The molecule has 0 spiro atoms. The molecule has 0 aliphatic carbocycles. The van der Waals surface area contributed by atoms with E-state index >= 15 is 0 Å². The molecule has 3 aromatic carbocycles. The van der Waals surface area contributed by atoms with Crippen molar-refractivity contribution in [3.05, 3.63) is 151 Å². The van der Waals surface area contributed by atoms with Crippen molar-refractivity contribution < 1.29 is 0 Å². The molecule has 0 aliphatic heterocycles. The average molecular weight is 511 g/mol. The molecule has 5 aromatic rings. The molecule has 0 atom stereocenters. The van der Waals surface area contributed by atoms with E-state index in [2.05, 4.69) is 131 Å². The summed E-state index contributed by atoms with van der Waals surface area (Å²) in [6.45, 7) is 0. The summed E-state index contributed by atoms with van der Waals surface area (Å²) in [6.07, 6.45) is 3.75. The van der Waals surface area contributed by atoms with Gasteiger partial charge in [-0.25, -0.2) is 0 Å². The summed E-state index contributed by atoms with van der Waals surface area (Å²) < 4.78 is 0. The van der Waals surface area contributed by atoms with Crippen LogP contribution in [0.4, 0.5) is 0 Å². The summed E-state index contributed by atoms with van der Waals surface area (Å²) in [5.41, 5.74) is 1.84. The minimum atomic E-state index is -3.38. The van der Waals surface area contributed by atoms with Gasteiger partial charge < -0.3 is 0 Å². The molecule has 2 nitrogen and oxygen atoms in total. The molecule has 33 heavy (non-hydrogen) atoms. The number of aromatic nitrogens is 2. The summed E-state index contributed by atoms with van der Waals surface area (Å²) in [4.78, 5) is 9.81. The number of halogens is 1. The summed E-state index contributed by atoms with van der Waals surface area (Å²) in [7, 11) is 0. The number of rotatable bonds is 6. The van der Waals surface area contributed by atoms with Crippen LogP contribution in [-0.2, 0) is 0 Å². The Labute approximate surface area is 203 Å². The second-order valence-electron chi connectivity index (χ2n) is 7.99.